The molecule has 0 saturated carbocycles. The van der Waals surface area contributed by atoms with Gasteiger partial charge in [-0.25, -0.2) is 4.98 Å². The summed E-state index contributed by atoms with van der Waals surface area (Å²) in [6.07, 6.45) is 7.91. The fourth-order valence-corrected chi connectivity index (χ4v) is 2.24. The third kappa shape index (κ3) is 5.08. The van der Waals surface area contributed by atoms with Crippen molar-refractivity contribution in [3.05, 3.63) is 54.6 Å². The lowest BCUT2D eigenvalue weighted by molar-refractivity contribution is -0.114. The molecule has 0 atom stereocenters. The summed E-state index contributed by atoms with van der Waals surface area (Å²) in [6, 6.07) is 6.91. The molecule has 0 aliphatic rings. The van der Waals surface area contributed by atoms with Crippen molar-refractivity contribution >= 4 is 17.2 Å². The Hall–Kier alpha value is -2.89. The van der Waals surface area contributed by atoms with Crippen LogP contribution in [0, 0.1) is 0 Å². The van der Waals surface area contributed by atoms with Crippen molar-refractivity contribution in [2.75, 3.05) is 13.6 Å². The fraction of sp³-hybridized carbons (Fsp3) is 0.278. The van der Waals surface area contributed by atoms with Gasteiger partial charge in [-0.3, -0.25) is 9.79 Å². The highest BCUT2D eigenvalue weighted by Crippen LogP contribution is 2.18. The molecule has 0 saturated heterocycles. The molecule has 1 amide bonds. The Morgan fingerprint density at radius 1 is 1.46 bits per heavy atom. The van der Waals surface area contributed by atoms with Crippen LogP contribution >= 0.6 is 0 Å². The largest absolute Gasteiger partial charge is 0.508 e. The highest BCUT2D eigenvalue weighted by atomic mass is 16.3. The summed E-state index contributed by atoms with van der Waals surface area (Å²) in [5.41, 5.74) is 2.07. The number of nitrogens with one attached hydrogen (secondary N) is 1. The average molecular weight is 326 g/mol. The zero-order valence-corrected chi connectivity index (χ0v) is 13.9. The number of rotatable bonds is 7. The maximum Gasteiger partial charge on any atom is 0.269 e. The number of aryl methyl sites for hydroxylation is 1. The number of carbonyl (C=O) groups is 1. The maximum atomic E-state index is 12.2. The molecule has 0 fully saturated rings. The number of phenols is 1. The molecule has 2 rings (SSSR count). The molecule has 1 aromatic heterocycles. The van der Waals surface area contributed by atoms with Crippen molar-refractivity contribution in [1.29, 1.82) is 0 Å². The average Bonchev–Trinajstić information content (AvgIpc) is 3.09. The van der Waals surface area contributed by atoms with E-state index in [9.17, 15) is 9.90 Å². The molecular formula is C18H22N4O2. The Balaban J connectivity index is 1.90. The second-order valence-corrected chi connectivity index (χ2v) is 5.40. The lowest BCUT2D eigenvalue weighted by atomic mass is 10.1. The molecule has 0 bridgehead atoms. The number of aromatic nitrogens is 2. The lowest BCUT2D eigenvalue weighted by Gasteiger charge is -2.07. The molecule has 0 aliphatic heterocycles. The van der Waals surface area contributed by atoms with Crippen LogP contribution in [0.15, 0.2) is 54.1 Å². The van der Waals surface area contributed by atoms with Gasteiger partial charge < -0.3 is 15.0 Å². The standard InChI is InChI=1S/C18H22N4O2/c1-14(15-5-3-6-16(23)12-15)11-17(19-2)18(24)21-7-4-9-22-10-8-20-13-22/h3,5-6,8,10-13,23H,4,7,9H2,1-2H3,(H,21,24)/b14-11+,19-17?. The van der Waals surface area contributed by atoms with Crippen molar-refractivity contribution in [1.82, 2.24) is 14.9 Å². The number of nitrogens with zero attached hydrogens (tertiary/aromatic N) is 3. The smallest absolute Gasteiger partial charge is 0.269 e. The predicted octanol–water partition coefficient (Wildman–Crippen LogP) is 2.27. The maximum absolute atomic E-state index is 12.2. The third-order valence-electron chi connectivity index (χ3n) is 3.57. The monoisotopic (exact) mass is 326 g/mol. The molecule has 0 radical (unpaired) electrons. The Kier molecular flexibility index (Phi) is 6.31. The van der Waals surface area contributed by atoms with Gasteiger partial charge in [0, 0.05) is 32.5 Å². The van der Waals surface area contributed by atoms with Crippen LogP contribution in [0.25, 0.3) is 5.57 Å². The first-order valence-electron chi connectivity index (χ1n) is 7.78. The first-order valence-corrected chi connectivity index (χ1v) is 7.78. The van der Waals surface area contributed by atoms with Gasteiger partial charge in [0.15, 0.2) is 0 Å². The number of imidazole rings is 1. The first kappa shape index (κ1) is 17.5. The van der Waals surface area contributed by atoms with Gasteiger partial charge in [-0.05, 0) is 42.7 Å². The van der Waals surface area contributed by atoms with Gasteiger partial charge in [-0.1, -0.05) is 12.1 Å². The second-order valence-electron chi connectivity index (χ2n) is 5.40. The van der Waals surface area contributed by atoms with Crippen molar-refractivity contribution in [3.8, 4) is 5.75 Å². The minimum absolute atomic E-state index is 0.194. The third-order valence-corrected chi connectivity index (χ3v) is 3.57. The van der Waals surface area contributed by atoms with Gasteiger partial charge in [0.1, 0.15) is 11.5 Å². The first-order chi connectivity index (χ1) is 11.6. The van der Waals surface area contributed by atoms with Gasteiger partial charge in [0.2, 0.25) is 0 Å². The SMILES string of the molecule is CN=C(/C=C(\C)c1cccc(O)c1)C(=O)NCCCn1ccnc1. The number of benzene rings is 1. The molecule has 2 N–H and O–H groups in total. The van der Waals surface area contributed by atoms with Gasteiger partial charge in [0.25, 0.3) is 5.91 Å². The van der Waals surface area contributed by atoms with Crippen LogP contribution in [0.3, 0.4) is 0 Å². The molecular weight excluding hydrogens is 304 g/mol. The second kappa shape index (κ2) is 8.67. The summed E-state index contributed by atoms with van der Waals surface area (Å²) in [5.74, 6) is -0.0122. The van der Waals surface area contributed by atoms with Crippen LogP contribution in [0.2, 0.25) is 0 Å². The highest BCUT2D eigenvalue weighted by Gasteiger charge is 2.08. The van der Waals surface area contributed by atoms with E-state index in [1.54, 1.807) is 43.8 Å². The van der Waals surface area contributed by atoms with E-state index in [1.165, 1.54) is 0 Å². The lowest BCUT2D eigenvalue weighted by Crippen LogP contribution is -2.31. The number of allylic oxidation sites excluding steroid dienone is 1. The molecule has 0 unspecified atom stereocenters. The number of aromatic hydroxyl groups is 1. The van der Waals surface area contributed by atoms with Crippen molar-refractivity contribution < 1.29 is 9.90 Å². The molecule has 6 heteroatoms. The molecule has 6 nitrogen and oxygen atoms in total. The van der Waals surface area contributed by atoms with E-state index in [1.807, 2.05) is 23.8 Å². The molecule has 0 spiro atoms. The van der Waals surface area contributed by atoms with Crippen LogP contribution in [-0.4, -0.2) is 39.9 Å². The van der Waals surface area contributed by atoms with Gasteiger partial charge in [-0.2, -0.15) is 0 Å². The molecule has 126 valence electrons. The minimum atomic E-state index is -0.206. The fourth-order valence-electron chi connectivity index (χ4n) is 2.24. The Bertz CT molecular complexity index is 733. The summed E-state index contributed by atoms with van der Waals surface area (Å²) in [6.45, 7) is 3.25. The molecule has 1 heterocycles. The van der Waals surface area contributed by atoms with Crippen molar-refractivity contribution in [3.63, 3.8) is 0 Å². The number of phenolic OH excluding ortho intramolecular Hbond substituents is 1. The molecule has 24 heavy (non-hydrogen) atoms. The zero-order valence-electron chi connectivity index (χ0n) is 13.9. The summed E-state index contributed by atoms with van der Waals surface area (Å²) in [7, 11) is 1.59. The molecule has 0 aliphatic carbocycles. The van der Waals surface area contributed by atoms with Crippen LogP contribution in [-0.2, 0) is 11.3 Å². The summed E-state index contributed by atoms with van der Waals surface area (Å²) in [5, 5.41) is 12.4. The van der Waals surface area contributed by atoms with E-state index in [0.29, 0.717) is 12.3 Å². The zero-order chi connectivity index (χ0) is 17.4. The Morgan fingerprint density at radius 2 is 2.29 bits per heavy atom. The van der Waals surface area contributed by atoms with E-state index in [4.69, 9.17) is 0 Å². The van der Waals surface area contributed by atoms with E-state index in [2.05, 4.69) is 15.3 Å². The molecule has 2 aromatic rings. The number of hydrogen-bond donors (Lipinski definition) is 2. The minimum Gasteiger partial charge on any atom is -0.508 e. The highest BCUT2D eigenvalue weighted by molar-refractivity contribution is 6.44. The van der Waals surface area contributed by atoms with Gasteiger partial charge in [-0.15, -0.1) is 0 Å². The van der Waals surface area contributed by atoms with E-state index in [-0.39, 0.29) is 11.7 Å². The summed E-state index contributed by atoms with van der Waals surface area (Å²) >= 11 is 0. The Morgan fingerprint density at radius 3 is 2.96 bits per heavy atom. The van der Waals surface area contributed by atoms with E-state index < -0.39 is 0 Å². The van der Waals surface area contributed by atoms with Crippen LogP contribution in [0.4, 0.5) is 0 Å². The van der Waals surface area contributed by atoms with E-state index >= 15 is 0 Å². The van der Waals surface area contributed by atoms with Crippen LogP contribution in [0.5, 0.6) is 5.75 Å². The predicted molar refractivity (Wildman–Crippen MR) is 95.0 cm³/mol. The summed E-state index contributed by atoms with van der Waals surface area (Å²) in [4.78, 5) is 20.2. The number of hydrogen-bond acceptors (Lipinski definition) is 4. The van der Waals surface area contributed by atoms with Crippen LogP contribution in [0.1, 0.15) is 18.9 Å². The summed E-state index contributed by atoms with van der Waals surface area (Å²) < 4.78 is 1.97. The van der Waals surface area contributed by atoms with Gasteiger partial charge in [0.05, 0.1) is 6.33 Å². The quantitative estimate of drug-likeness (QED) is 0.605. The van der Waals surface area contributed by atoms with E-state index in [0.717, 1.165) is 24.1 Å². The van der Waals surface area contributed by atoms with Crippen molar-refractivity contribution in [2.24, 2.45) is 4.99 Å². The number of aliphatic imine (C=N–C) groups is 1. The van der Waals surface area contributed by atoms with Crippen LogP contribution < -0.4 is 5.32 Å². The Labute approximate surface area is 141 Å². The normalized spacial score (nSPS) is 12.2. The molecule has 1 aromatic carbocycles. The topological polar surface area (TPSA) is 79.5 Å². The van der Waals surface area contributed by atoms with Gasteiger partial charge >= 0.3 is 0 Å². The number of carbonyl (C=O) groups excluding carboxylic acids is 1. The number of amides is 1. The van der Waals surface area contributed by atoms with Crippen molar-refractivity contribution in [2.45, 2.75) is 19.9 Å².